The van der Waals surface area contributed by atoms with E-state index in [1.807, 2.05) is 54.7 Å². The number of thiocarbonyl (C=S) groups is 1. The van der Waals surface area contributed by atoms with Crippen molar-refractivity contribution in [2.24, 2.45) is 0 Å². The van der Waals surface area contributed by atoms with Gasteiger partial charge in [-0.3, -0.25) is 9.78 Å². The summed E-state index contributed by atoms with van der Waals surface area (Å²) in [5.41, 5.74) is 3.67. The molecule has 1 saturated heterocycles. The highest BCUT2D eigenvalue weighted by Crippen LogP contribution is 2.40. The van der Waals surface area contributed by atoms with Gasteiger partial charge in [0.2, 0.25) is 5.91 Å². The Balaban J connectivity index is 1.72. The standard InChI is InChI=1S/C20H19N5OS/c1-13(26)23-14-7-9-15(10-8-14)25-19(17-6-4-12-22-17)18(24-20(25)27)16-5-2-3-11-21-16/h2-12,18-19,22H,1H3,(H,23,26)(H,24,27)/t18-,19-/m0/s1. The number of nitrogens with zero attached hydrogens (tertiary/aromatic N) is 2. The van der Waals surface area contributed by atoms with Crippen molar-refractivity contribution < 1.29 is 4.79 Å². The van der Waals surface area contributed by atoms with Gasteiger partial charge in [-0.15, -0.1) is 0 Å². The van der Waals surface area contributed by atoms with Crippen molar-refractivity contribution in [3.05, 3.63) is 78.4 Å². The van der Waals surface area contributed by atoms with Crippen molar-refractivity contribution in [2.75, 3.05) is 10.2 Å². The SMILES string of the molecule is CC(=O)Nc1ccc(N2C(=S)N[C@@H](c3ccccn3)[C@@H]2c2ccc[nH]2)cc1. The number of aromatic amines is 1. The van der Waals surface area contributed by atoms with Crippen LogP contribution in [0.5, 0.6) is 0 Å². The van der Waals surface area contributed by atoms with Gasteiger partial charge in [-0.1, -0.05) is 6.07 Å². The Morgan fingerprint density at radius 3 is 2.59 bits per heavy atom. The van der Waals surface area contributed by atoms with E-state index in [2.05, 4.69) is 31.6 Å². The number of carbonyl (C=O) groups is 1. The van der Waals surface area contributed by atoms with Crippen molar-refractivity contribution in [1.29, 1.82) is 0 Å². The van der Waals surface area contributed by atoms with Crippen molar-refractivity contribution in [2.45, 2.75) is 19.0 Å². The monoisotopic (exact) mass is 377 g/mol. The average Bonchev–Trinajstić information content (AvgIpc) is 3.30. The highest BCUT2D eigenvalue weighted by atomic mass is 32.1. The summed E-state index contributed by atoms with van der Waals surface area (Å²) in [5.74, 6) is -0.0967. The van der Waals surface area contributed by atoms with Crippen LogP contribution in [0.15, 0.2) is 67.0 Å². The Morgan fingerprint density at radius 2 is 1.96 bits per heavy atom. The van der Waals surface area contributed by atoms with Crippen LogP contribution in [0, 0.1) is 0 Å². The minimum atomic E-state index is -0.0967. The second-order valence-electron chi connectivity index (χ2n) is 6.35. The fraction of sp³-hybridized carbons (Fsp3) is 0.150. The number of hydrogen-bond donors (Lipinski definition) is 3. The van der Waals surface area contributed by atoms with E-state index in [0.29, 0.717) is 5.11 Å². The summed E-state index contributed by atoms with van der Waals surface area (Å²) >= 11 is 5.66. The molecule has 27 heavy (non-hydrogen) atoms. The Morgan fingerprint density at radius 1 is 1.15 bits per heavy atom. The molecule has 3 aromatic rings. The number of rotatable bonds is 4. The van der Waals surface area contributed by atoms with Crippen LogP contribution in [0.2, 0.25) is 0 Å². The molecule has 1 aromatic carbocycles. The van der Waals surface area contributed by atoms with Crippen LogP contribution in [0.3, 0.4) is 0 Å². The van der Waals surface area contributed by atoms with Gasteiger partial charge in [-0.05, 0) is 60.7 Å². The van der Waals surface area contributed by atoms with Crippen molar-refractivity contribution in [3.63, 3.8) is 0 Å². The van der Waals surface area contributed by atoms with Crippen molar-refractivity contribution >= 4 is 34.6 Å². The molecule has 1 aliphatic heterocycles. The summed E-state index contributed by atoms with van der Waals surface area (Å²) in [6, 6.07) is 17.4. The van der Waals surface area contributed by atoms with E-state index < -0.39 is 0 Å². The molecule has 0 radical (unpaired) electrons. The molecule has 0 spiro atoms. The molecule has 2 aromatic heterocycles. The van der Waals surface area contributed by atoms with Gasteiger partial charge < -0.3 is 20.5 Å². The van der Waals surface area contributed by atoms with Crippen LogP contribution in [-0.4, -0.2) is 21.0 Å². The first-order valence-corrected chi connectivity index (χ1v) is 9.06. The quantitative estimate of drug-likeness (QED) is 0.607. The Labute approximate surface area is 162 Å². The zero-order valence-corrected chi connectivity index (χ0v) is 15.5. The smallest absolute Gasteiger partial charge is 0.221 e. The first-order valence-electron chi connectivity index (χ1n) is 8.65. The number of amides is 1. The zero-order chi connectivity index (χ0) is 18.8. The van der Waals surface area contributed by atoms with Crippen LogP contribution in [0.4, 0.5) is 11.4 Å². The van der Waals surface area contributed by atoms with Gasteiger partial charge in [0.25, 0.3) is 0 Å². The first-order chi connectivity index (χ1) is 13.1. The van der Waals surface area contributed by atoms with E-state index in [9.17, 15) is 4.79 Å². The molecule has 3 heterocycles. The van der Waals surface area contributed by atoms with Gasteiger partial charge >= 0.3 is 0 Å². The third-order valence-corrected chi connectivity index (χ3v) is 4.82. The number of aromatic nitrogens is 2. The number of H-pyrrole nitrogens is 1. The minimum absolute atomic E-state index is 0.0611. The molecule has 6 nitrogen and oxygen atoms in total. The molecule has 136 valence electrons. The van der Waals surface area contributed by atoms with Gasteiger partial charge in [-0.2, -0.15) is 0 Å². The largest absolute Gasteiger partial charge is 0.363 e. The topological polar surface area (TPSA) is 73.1 Å². The lowest BCUT2D eigenvalue weighted by Crippen LogP contribution is -2.29. The predicted molar refractivity (Wildman–Crippen MR) is 109 cm³/mol. The highest BCUT2D eigenvalue weighted by Gasteiger charge is 2.41. The molecule has 0 aliphatic carbocycles. The number of pyridine rings is 1. The molecule has 1 aliphatic rings. The Hall–Kier alpha value is -3.19. The predicted octanol–water partition coefficient (Wildman–Crippen LogP) is 3.55. The molecule has 3 N–H and O–H groups in total. The molecular formula is C20H19N5OS. The van der Waals surface area contributed by atoms with E-state index >= 15 is 0 Å². The van der Waals surface area contributed by atoms with Crippen LogP contribution in [0.1, 0.15) is 30.4 Å². The Kier molecular flexibility index (Phi) is 4.60. The third-order valence-electron chi connectivity index (χ3n) is 4.50. The second-order valence-corrected chi connectivity index (χ2v) is 6.74. The molecule has 1 fully saturated rings. The lowest BCUT2D eigenvalue weighted by molar-refractivity contribution is -0.114. The molecule has 4 rings (SSSR count). The van der Waals surface area contributed by atoms with Crippen molar-refractivity contribution in [3.8, 4) is 0 Å². The summed E-state index contributed by atoms with van der Waals surface area (Å²) in [7, 11) is 0. The number of hydrogen-bond acceptors (Lipinski definition) is 3. The molecule has 0 bridgehead atoms. The van der Waals surface area contributed by atoms with Gasteiger partial charge in [0.05, 0.1) is 11.7 Å². The normalized spacial score (nSPS) is 19.0. The fourth-order valence-corrected chi connectivity index (χ4v) is 3.73. The van der Waals surface area contributed by atoms with Gasteiger partial charge in [0.15, 0.2) is 5.11 Å². The van der Waals surface area contributed by atoms with Gasteiger partial charge in [-0.25, -0.2) is 0 Å². The van der Waals surface area contributed by atoms with E-state index in [1.54, 1.807) is 6.20 Å². The summed E-state index contributed by atoms with van der Waals surface area (Å²) in [5, 5.41) is 6.83. The molecule has 0 unspecified atom stereocenters. The number of anilines is 2. The maximum Gasteiger partial charge on any atom is 0.221 e. The molecule has 2 atom stereocenters. The number of nitrogens with one attached hydrogen (secondary N) is 3. The summed E-state index contributed by atoms with van der Waals surface area (Å²) < 4.78 is 0. The van der Waals surface area contributed by atoms with Crippen LogP contribution < -0.4 is 15.5 Å². The summed E-state index contributed by atoms with van der Waals surface area (Å²) in [4.78, 5) is 21.2. The molecule has 1 amide bonds. The lowest BCUT2D eigenvalue weighted by Gasteiger charge is -2.27. The number of carbonyl (C=O) groups excluding carboxylic acids is 1. The number of benzene rings is 1. The summed E-state index contributed by atoms with van der Waals surface area (Å²) in [6.07, 6.45) is 3.70. The van der Waals surface area contributed by atoms with E-state index in [4.69, 9.17) is 12.2 Å². The zero-order valence-electron chi connectivity index (χ0n) is 14.7. The van der Waals surface area contributed by atoms with Crippen LogP contribution >= 0.6 is 12.2 Å². The fourth-order valence-electron chi connectivity index (χ4n) is 3.39. The second kappa shape index (κ2) is 7.20. The third kappa shape index (κ3) is 3.41. The van der Waals surface area contributed by atoms with E-state index in [1.165, 1.54) is 6.92 Å². The minimum Gasteiger partial charge on any atom is -0.363 e. The van der Waals surface area contributed by atoms with Gasteiger partial charge in [0, 0.05) is 36.4 Å². The lowest BCUT2D eigenvalue weighted by atomic mass is 10.0. The Bertz CT molecular complexity index is 940. The molecular weight excluding hydrogens is 358 g/mol. The van der Waals surface area contributed by atoms with Crippen molar-refractivity contribution in [1.82, 2.24) is 15.3 Å². The maximum absolute atomic E-state index is 11.3. The summed E-state index contributed by atoms with van der Waals surface area (Å²) in [6.45, 7) is 1.49. The first kappa shape index (κ1) is 17.2. The van der Waals surface area contributed by atoms with E-state index in [0.717, 1.165) is 22.8 Å². The van der Waals surface area contributed by atoms with E-state index in [-0.39, 0.29) is 18.0 Å². The molecule has 7 heteroatoms. The van der Waals surface area contributed by atoms with Crippen LogP contribution in [-0.2, 0) is 4.79 Å². The highest BCUT2D eigenvalue weighted by molar-refractivity contribution is 7.80. The maximum atomic E-state index is 11.3. The van der Waals surface area contributed by atoms with Crippen LogP contribution in [0.25, 0.3) is 0 Å². The average molecular weight is 377 g/mol. The molecule has 0 saturated carbocycles. The van der Waals surface area contributed by atoms with Gasteiger partial charge in [0.1, 0.15) is 6.04 Å².